The molecule has 1 N–H and O–H groups in total. The van der Waals surface area contributed by atoms with Gasteiger partial charge in [0, 0.05) is 29.8 Å². The van der Waals surface area contributed by atoms with Gasteiger partial charge in [-0.3, -0.25) is 9.59 Å². The molecule has 0 aromatic heterocycles. The molecule has 1 aliphatic heterocycles. The maximum atomic E-state index is 12.9. The van der Waals surface area contributed by atoms with Crippen LogP contribution in [-0.4, -0.2) is 41.8 Å². The summed E-state index contributed by atoms with van der Waals surface area (Å²) in [6.45, 7) is -0.0771. The van der Waals surface area contributed by atoms with Gasteiger partial charge in [-0.15, -0.1) is 23.5 Å². The van der Waals surface area contributed by atoms with Gasteiger partial charge in [-0.25, -0.2) is 4.39 Å². The van der Waals surface area contributed by atoms with Gasteiger partial charge in [0.2, 0.25) is 5.91 Å². The van der Waals surface area contributed by atoms with Crippen LogP contribution in [0.4, 0.5) is 10.1 Å². The van der Waals surface area contributed by atoms with Crippen molar-refractivity contribution in [3.05, 3.63) is 65.5 Å². The fraction of sp³-hybridized carbons (Fsp3) is 0.263. The van der Waals surface area contributed by atoms with Gasteiger partial charge in [-0.1, -0.05) is 12.1 Å². The molecule has 1 aliphatic rings. The van der Waals surface area contributed by atoms with E-state index in [4.69, 9.17) is 0 Å². The molecule has 0 spiro atoms. The maximum Gasteiger partial charge on any atom is 0.254 e. The summed E-state index contributed by atoms with van der Waals surface area (Å²) in [5, 5.41) is 2.65. The Kier molecular flexibility index (Phi) is 6.21. The molecular formula is C19H19FN2O2S2. The predicted molar refractivity (Wildman–Crippen MR) is 106 cm³/mol. The zero-order valence-electron chi connectivity index (χ0n) is 14.3. The highest BCUT2D eigenvalue weighted by atomic mass is 32.2. The number of nitrogens with one attached hydrogen (secondary N) is 1. The van der Waals surface area contributed by atoms with Crippen LogP contribution in [0.25, 0.3) is 0 Å². The van der Waals surface area contributed by atoms with Gasteiger partial charge in [0.05, 0.1) is 11.1 Å². The lowest BCUT2D eigenvalue weighted by atomic mass is 10.1. The van der Waals surface area contributed by atoms with Crippen molar-refractivity contribution < 1.29 is 14.0 Å². The van der Waals surface area contributed by atoms with Crippen LogP contribution < -0.4 is 5.32 Å². The first-order valence-corrected chi connectivity index (χ1v) is 10.3. The molecule has 0 bridgehead atoms. The Hall–Kier alpha value is -1.99. The average Bonchev–Trinajstić information content (AvgIpc) is 3.18. The lowest BCUT2D eigenvalue weighted by Gasteiger charge is -2.17. The van der Waals surface area contributed by atoms with E-state index in [1.54, 1.807) is 7.05 Å². The Labute approximate surface area is 160 Å². The molecule has 0 saturated carbocycles. The predicted octanol–water partition coefficient (Wildman–Crippen LogP) is 4.02. The topological polar surface area (TPSA) is 49.4 Å². The van der Waals surface area contributed by atoms with Crippen molar-refractivity contribution in [3.8, 4) is 0 Å². The molecule has 1 saturated heterocycles. The Balaban J connectivity index is 1.56. The summed E-state index contributed by atoms with van der Waals surface area (Å²) in [4.78, 5) is 25.9. The molecule has 2 aromatic carbocycles. The number of nitrogens with zero attached hydrogens (tertiary/aromatic N) is 1. The first kappa shape index (κ1) is 18.8. The van der Waals surface area contributed by atoms with Crippen LogP contribution in [0.2, 0.25) is 0 Å². The second kappa shape index (κ2) is 8.60. The summed E-state index contributed by atoms with van der Waals surface area (Å²) >= 11 is 3.83. The number of benzene rings is 2. The van der Waals surface area contributed by atoms with Crippen LogP contribution in [0.15, 0.2) is 48.5 Å². The van der Waals surface area contributed by atoms with Crippen LogP contribution in [0.1, 0.15) is 20.5 Å². The molecule has 2 amide bonds. The summed E-state index contributed by atoms with van der Waals surface area (Å²) in [5.41, 5.74) is 2.26. The highest BCUT2D eigenvalue weighted by Gasteiger charge is 2.19. The van der Waals surface area contributed by atoms with Crippen molar-refractivity contribution >= 4 is 41.0 Å². The summed E-state index contributed by atoms with van der Waals surface area (Å²) < 4.78 is 13.3. The van der Waals surface area contributed by atoms with Crippen molar-refractivity contribution in [2.45, 2.75) is 4.58 Å². The monoisotopic (exact) mass is 390 g/mol. The zero-order valence-corrected chi connectivity index (χ0v) is 15.9. The van der Waals surface area contributed by atoms with Crippen molar-refractivity contribution in [1.82, 2.24) is 4.90 Å². The number of amides is 2. The molecule has 7 heteroatoms. The number of rotatable bonds is 5. The standard InChI is InChI=1S/C19H19FN2O2S2/c1-22(12-17(23)21-16-8-6-15(20)7-9-16)18(24)13-2-4-14(5-3-13)19-25-10-11-26-19/h2-9,19H,10-12H2,1H3,(H,21,23). The van der Waals surface area contributed by atoms with Gasteiger partial charge in [0.15, 0.2) is 0 Å². The van der Waals surface area contributed by atoms with E-state index in [9.17, 15) is 14.0 Å². The smallest absolute Gasteiger partial charge is 0.254 e. The molecule has 1 fully saturated rings. The first-order valence-electron chi connectivity index (χ1n) is 8.17. The van der Waals surface area contributed by atoms with E-state index in [0.717, 1.165) is 11.5 Å². The Bertz CT molecular complexity index is 775. The molecule has 0 atom stereocenters. The second-order valence-electron chi connectivity index (χ2n) is 5.91. The average molecular weight is 391 g/mol. The molecule has 136 valence electrons. The number of likely N-dealkylation sites (N-methyl/N-ethyl adjacent to an activating group) is 1. The molecular weight excluding hydrogens is 371 g/mol. The molecule has 1 heterocycles. The minimum Gasteiger partial charge on any atom is -0.332 e. The quantitative estimate of drug-likeness (QED) is 0.838. The van der Waals surface area contributed by atoms with Gasteiger partial charge in [0.25, 0.3) is 5.91 Å². The summed E-state index contributed by atoms with van der Waals surface area (Å²) in [6.07, 6.45) is 0. The van der Waals surface area contributed by atoms with Crippen molar-refractivity contribution in [2.75, 3.05) is 30.4 Å². The highest BCUT2D eigenvalue weighted by Crippen LogP contribution is 2.45. The van der Waals surface area contributed by atoms with Crippen molar-refractivity contribution in [1.29, 1.82) is 0 Å². The third-order valence-electron chi connectivity index (χ3n) is 3.91. The normalized spacial score (nSPS) is 14.2. The van der Waals surface area contributed by atoms with E-state index >= 15 is 0 Å². The fourth-order valence-corrected chi connectivity index (χ4v) is 5.43. The number of carbonyl (C=O) groups is 2. The van der Waals surface area contributed by atoms with Crippen LogP contribution in [0, 0.1) is 5.82 Å². The van der Waals surface area contributed by atoms with E-state index in [1.165, 1.54) is 34.7 Å². The lowest BCUT2D eigenvalue weighted by molar-refractivity contribution is -0.116. The van der Waals surface area contributed by atoms with E-state index in [-0.39, 0.29) is 24.2 Å². The minimum absolute atomic E-state index is 0.0771. The van der Waals surface area contributed by atoms with Crippen LogP contribution in [0.3, 0.4) is 0 Å². The van der Waals surface area contributed by atoms with E-state index in [0.29, 0.717) is 15.8 Å². The first-order chi connectivity index (χ1) is 12.5. The fourth-order valence-electron chi connectivity index (χ4n) is 2.58. The maximum absolute atomic E-state index is 12.9. The molecule has 4 nitrogen and oxygen atoms in total. The minimum atomic E-state index is -0.367. The molecule has 26 heavy (non-hydrogen) atoms. The summed E-state index contributed by atoms with van der Waals surface area (Å²) in [7, 11) is 1.59. The lowest BCUT2D eigenvalue weighted by Crippen LogP contribution is -2.34. The Morgan fingerprint density at radius 1 is 1.08 bits per heavy atom. The molecule has 3 rings (SSSR count). The van der Waals surface area contributed by atoms with E-state index in [2.05, 4.69) is 5.32 Å². The summed E-state index contributed by atoms with van der Waals surface area (Å²) in [5.74, 6) is 1.40. The Morgan fingerprint density at radius 2 is 1.69 bits per heavy atom. The van der Waals surface area contributed by atoms with Crippen LogP contribution >= 0.6 is 23.5 Å². The largest absolute Gasteiger partial charge is 0.332 e. The van der Waals surface area contributed by atoms with Gasteiger partial charge in [-0.05, 0) is 42.0 Å². The summed E-state index contributed by atoms with van der Waals surface area (Å²) in [6, 6.07) is 13.1. The zero-order chi connectivity index (χ0) is 18.5. The van der Waals surface area contributed by atoms with Gasteiger partial charge >= 0.3 is 0 Å². The van der Waals surface area contributed by atoms with Crippen LogP contribution in [0.5, 0.6) is 0 Å². The van der Waals surface area contributed by atoms with Crippen molar-refractivity contribution in [3.63, 3.8) is 0 Å². The van der Waals surface area contributed by atoms with Crippen LogP contribution in [-0.2, 0) is 4.79 Å². The third-order valence-corrected chi connectivity index (χ3v) is 7.01. The van der Waals surface area contributed by atoms with Crippen molar-refractivity contribution in [2.24, 2.45) is 0 Å². The molecule has 0 radical (unpaired) electrons. The number of hydrogen-bond donors (Lipinski definition) is 1. The molecule has 0 unspecified atom stereocenters. The number of thioether (sulfide) groups is 2. The van der Waals surface area contributed by atoms with E-state index < -0.39 is 0 Å². The second-order valence-corrected chi connectivity index (χ2v) is 8.64. The molecule has 2 aromatic rings. The number of anilines is 1. The third kappa shape index (κ3) is 4.80. The number of carbonyl (C=O) groups excluding carboxylic acids is 2. The number of halogens is 1. The SMILES string of the molecule is CN(CC(=O)Nc1ccc(F)cc1)C(=O)c1ccc(C2SCCS2)cc1. The Morgan fingerprint density at radius 3 is 2.31 bits per heavy atom. The number of hydrogen-bond acceptors (Lipinski definition) is 4. The van der Waals surface area contributed by atoms with Gasteiger partial charge < -0.3 is 10.2 Å². The van der Waals surface area contributed by atoms with Gasteiger partial charge in [0.1, 0.15) is 5.82 Å². The van der Waals surface area contributed by atoms with E-state index in [1.807, 2.05) is 47.8 Å². The van der Waals surface area contributed by atoms with Gasteiger partial charge in [-0.2, -0.15) is 0 Å². The highest BCUT2D eigenvalue weighted by molar-refractivity contribution is 8.19. The molecule has 0 aliphatic carbocycles.